The largest absolute Gasteiger partial charge is 0.494 e. The Bertz CT molecular complexity index is 359. The van der Waals surface area contributed by atoms with Gasteiger partial charge in [-0.1, -0.05) is 18.2 Å². The van der Waals surface area contributed by atoms with Crippen molar-refractivity contribution in [1.29, 1.82) is 0 Å². The van der Waals surface area contributed by atoms with E-state index in [2.05, 4.69) is 6.07 Å². The van der Waals surface area contributed by atoms with Crippen molar-refractivity contribution in [2.75, 3.05) is 13.2 Å². The standard InChI is InChI=1S/C13H19NO2/c1-2-16-12-6-4-3-5-11(12)13(9-14)7-10(15)8-13/h3-6,10,15H,2,7-9,14H2,1H3. The number of aliphatic hydroxyl groups excluding tert-OH is 1. The van der Waals surface area contributed by atoms with E-state index in [0.29, 0.717) is 13.2 Å². The maximum atomic E-state index is 9.50. The van der Waals surface area contributed by atoms with Crippen LogP contribution in [0.4, 0.5) is 0 Å². The normalized spacial score (nSPS) is 28.6. The minimum Gasteiger partial charge on any atom is -0.494 e. The number of aliphatic hydroxyl groups is 1. The van der Waals surface area contributed by atoms with Crippen molar-refractivity contribution in [1.82, 2.24) is 0 Å². The Morgan fingerprint density at radius 3 is 2.69 bits per heavy atom. The summed E-state index contributed by atoms with van der Waals surface area (Å²) >= 11 is 0. The summed E-state index contributed by atoms with van der Waals surface area (Å²) < 4.78 is 5.62. The van der Waals surface area contributed by atoms with E-state index in [0.717, 1.165) is 24.2 Å². The Balaban J connectivity index is 2.31. The summed E-state index contributed by atoms with van der Waals surface area (Å²) in [5.74, 6) is 0.905. The molecule has 2 rings (SSSR count). The van der Waals surface area contributed by atoms with Crippen molar-refractivity contribution in [2.45, 2.75) is 31.3 Å². The highest BCUT2D eigenvalue weighted by Gasteiger charge is 2.45. The van der Waals surface area contributed by atoms with Crippen LogP contribution in [0.3, 0.4) is 0 Å². The van der Waals surface area contributed by atoms with Crippen LogP contribution in [0.2, 0.25) is 0 Å². The first kappa shape index (κ1) is 11.4. The average Bonchev–Trinajstić information content (AvgIpc) is 2.26. The van der Waals surface area contributed by atoms with Crippen molar-refractivity contribution < 1.29 is 9.84 Å². The average molecular weight is 221 g/mol. The number of hydrogen-bond acceptors (Lipinski definition) is 3. The fourth-order valence-corrected chi connectivity index (χ4v) is 2.52. The first-order valence-electron chi connectivity index (χ1n) is 5.82. The Morgan fingerprint density at radius 2 is 2.12 bits per heavy atom. The molecule has 0 amide bonds. The Kier molecular flexibility index (Phi) is 3.17. The second-order valence-electron chi connectivity index (χ2n) is 4.48. The van der Waals surface area contributed by atoms with Crippen LogP contribution in [0.1, 0.15) is 25.3 Å². The van der Waals surface area contributed by atoms with Crippen LogP contribution in [-0.4, -0.2) is 24.4 Å². The van der Waals surface area contributed by atoms with Gasteiger partial charge in [-0.15, -0.1) is 0 Å². The van der Waals surface area contributed by atoms with Crippen LogP contribution in [0, 0.1) is 0 Å². The van der Waals surface area contributed by atoms with Gasteiger partial charge in [-0.3, -0.25) is 0 Å². The number of nitrogens with two attached hydrogens (primary N) is 1. The van der Waals surface area contributed by atoms with Crippen LogP contribution in [0.25, 0.3) is 0 Å². The Hall–Kier alpha value is -1.06. The molecule has 0 unspecified atom stereocenters. The minimum atomic E-state index is -0.210. The van der Waals surface area contributed by atoms with Crippen LogP contribution >= 0.6 is 0 Å². The van der Waals surface area contributed by atoms with Gasteiger partial charge in [-0.05, 0) is 25.8 Å². The molecule has 1 saturated carbocycles. The van der Waals surface area contributed by atoms with Crippen molar-refractivity contribution in [3.05, 3.63) is 29.8 Å². The van der Waals surface area contributed by atoms with Gasteiger partial charge in [0.05, 0.1) is 12.7 Å². The molecule has 0 atom stereocenters. The maximum absolute atomic E-state index is 9.50. The van der Waals surface area contributed by atoms with Gasteiger partial charge in [-0.25, -0.2) is 0 Å². The van der Waals surface area contributed by atoms with E-state index in [-0.39, 0.29) is 11.5 Å². The van der Waals surface area contributed by atoms with Gasteiger partial charge < -0.3 is 15.6 Å². The third kappa shape index (κ3) is 1.81. The number of para-hydroxylation sites is 1. The molecule has 0 saturated heterocycles. The van der Waals surface area contributed by atoms with Crippen molar-refractivity contribution in [3.8, 4) is 5.75 Å². The predicted molar refractivity (Wildman–Crippen MR) is 63.6 cm³/mol. The highest BCUT2D eigenvalue weighted by molar-refractivity contribution is 5.42. The van der Waals surface area contributed by atoms with E-state index in [1.54, 1.807) is 0 Å². The third-order valence-corrected chi connectivity index (χ3v) is 3.40. The van der Waals surface area contributed by atoms with Crippen molar-refractivity contribution >= 4 is 0 Å². The molecule has 16 heavy (non-hydrogen) atoms. The summed E-state index contributed by atoms with van der Waals surface area (Å²) in [5, 5.41) is 9.50. The van der Waals surface area contributed by atoms with Gasteiger partial charge >= 0.3 is 0 Å². The first-order valence-corrected chi connectivity index (χ1v) is 5.82. The fourth-order valence-electron chi connectivity index (χ4n) is 2.52. The van der Waals surface area contributed by atoms with Gasteiger partial charge in [0.1, 0.15) is 5.75 Å². The van der Waals surface area contributed by atoms with Crippen molar-refractivity contribution in [2.24, 2.45) is 5.73 Å². The zero-order valence-electron chi connectivity index (χ0n) is 9.65. The molecule has 3 nitrogen and oxygen atoms in total. The van der Waals surface area contributed by atoms with Crippen LogP contribution in [-0.2, 0) is 5.41 Å². The molecular weight excluding hydrogens is 202 g/mol. The molecule has 1 fully saturated rings. The molecule has 0 aliphatic heterocycles. The van der Waals surface area contributed by atoms with Crippen molar-refractivity contribution in [3.63, 3.8) is 0 Å². The molecule has 3 N–H and O–H groups in total. The highest BCUT2D eigenvalue weighted by Crippen LogP contribution is 2.46. The lowest BCUT2D eigenvalue weighted by Crippen LogP contribution is -2.50. The molecule has 0 heterocycles. The number of ether oxygens (including phenoxy) is 1. The Labute approximate surface area is 96.2 Å². The predicted octanol–water partition coefficient (Wildman–Crippen LogP) is 1.44. The zero-order valence-corrected chi connectivity index (χ0v) is 9.65. The smallest absolute Gasteiger partial charge is 0.123 e. The number of benzene rings is 1. The van der Waals surface area contributed by atoms with E-state index in [9.17, 15) is 5.11 Å². The molecular formula is C13H19NO2. The molecule has 0 spiro atoms. The summed E-state index contributed by atoms with van der Waals surface area (Å²) in [6.45, 7) is 3.19. The summed E-state index contributed by atoms with van der Waals surface area (Å²) in [4.78, 5) is 0. The summed E-state index contributed by atoms with van der Waals surface area (Å²) in [7, 11) is 0. The lowest BCUT2D eigenvalue weighted by molar-refractivity contribution is 0.0209. The van der Waals surface area contributed by atoms with Crippen LogP contribution in [0.15, 0.2) is 24.3 Å². The summed E-state index contributed by atoms with van der Waals surface area (Å²) in [6, 6.07) is 8.00. The van der Waals surface area contributed by atoms with E-state index in [1.807, 2.05) is 25.1 Å². The van der Waals surface area contributed by atoms with E-state index in [4.69, 9.17) is 10.5 Å². The monoisotopic (exact) mass is 221 g/mol. The minimum absolute atomic E-state index is 0.0782. The number of hydrogen-bond donors (Lipinski definition) is 2. The molecule has 1 aliphatic carbocycles. The molecule has 3 heteroatoms. The van der Waals surface area contributed by atoms with Gasteiger partial charge in [0.15, 0.2) is 0 Å². The molecule has 1 aromatic rings. The van der Waals surface area contributed by atoms with Gasteiger partial charge in [0.2, 0.25) is 0 Å². The zero-order chi connectivity index (χ0) is 11.6. The van der Waals surface area contributed by atoms with Crippen LogP contribution < -0.4 is 10.5 Å². The quantitative estimate of drug-likeness (QED) is 0.808. The van der Waals surface area contributed by atoms with E-state index >= 15 is 0 Å². The van der Waals surface area contributed by atoms with Gasteiger partial charge in [0.25, 0.3) is 0 Å². The molecule has 1 aromatic carbocycles. The topological polar surface area (TPSA) is 55.5 Å². The fraction of sp³-hybridized carbons (Fsp3) is 0.538. The summed E-state index contributed by atoms with van der Waals surface area (Å²) in [6.07, 6.45) is 1.28. The summed E-state index contributed by atoms with van der Waals surface area (Å²) in [5.41, 5.74) is 6.93. The molecule has 0 radical (unpaired) electrons. The SMILES string of the molecule is CCOc1ccccc1C1(CN)CC(O)C1. The van der Waals surface area contributed by atoms with E-state index < -0.39 is 0 Å². The second kappa shape index (κ2) is 4.44. The van der Waals surface area contributed by atoms with Gasteiger partial charge in [0, 0.05) is 17.5 Å². The van der Waals surface area contributed by atoms with E-state index in [1.165, 1.54) is 0 Å². The van der Waals surface area contributed by atoms with Gasteiger partial charge in [-0.2, -0.15) is 0 Å². The maximum Gasteiger partial charge on any atom is 0.123 e. The second-order valence-corrected chi connectivity index (χ2v) is 4.48. The molecule has 0 aromatic heterocycles. The Morgan fingerprint density at radius 1 is 1.44 bits per heavy atom. The third-order valence-electron chi connectivity index (χ3n) is 3.40. The lowest BCUT2D eigenvalue weighted by atomic mass is 9.62. The van der Waals surface area contributed by atoms with Crippen LogP contribution in [0.5, 0.6) is 5.75 Å². The number of rotatable bonds is 4. The molecule has 0 bridgehead atoms. The lowest BCUT2D eigenvalue weighted by Gasteiger charge is -2.45. The highest BCUT2D eigenvalue weighted by atomic mass is 16.5. The molecule has 1 aliphatic rings. The molecule has 88 valence electrons. The first-order chi connectivity index (χ1) is 7.72.